The van der Waals surface area contributed by atoms with Gasteiger partial charge in [-0.2, -0.15) is 0 Å². The third kappa shape index (κ3) is 3.53. The molecule has 76 valence electrons. The Morgan fingerprint density at radius 2 is 2.46 bits per heavy atom. The average Bonchev–Trinajstić information content (AvgIpc) is 2.18. The van der Waals surface area contributed by atoms with E-state index in [0.29, 0.717) is 5.92 Å². The van der Waals surface area contributed by atoms with Gasteiger partial charge in [0.2, 0.25) is 5.91 Å². The highest BCUT2D eigenvalue weighted by atomic mass is 35.5. The quantitative estimate of drug-likeness (QED) is 0.646. The highest BCUT2D eigenvalue weighted by Gasteiger charge is 2.17. The summed E-state index contributed by atoms with van der Waals surface area (Å²) in [5.41, 5.74) is 0. The van der Waals surface area contributed by atoms with Gasteiger partial charge in [0.05, 0.1) is 6.61 Å². The molecule has 1 rings (SSSR count). The molecule has 1 aliphatic rings. The fourth-order valence-corrected chi connectivity index (χ4v) is 1.75. The lowest BCUT2D eigenvalue weighted by Crippen LogP contribution is -2.35. The summed E-state index contributed by atoms with van der Waals surface area (Å²) in [6.45, 7) is 2.41. The fourth-order valence-electron chi connectivity index (χ4n) is 1.54. The van der Waals surface area contributed by atoms with Crippen molar-refractivity contribution in [3.63, 3.8) is 0 Å². The SMILES string of the molecule is CN(CC1CCCOC1)C(=O)CCl. The monoisotopic (exact) mass is 205 g/mol. The first-order valence-corrected chi connectivity index (χ1v) is 5.15. The summed E-state index contributed by atoms with van der Waals surface area (Å²) in [6, 6.07) is 0. The van der Waals surface area contributed by atoms with Crippen molar-refractivity contribution in [2.24, 2.45) is 5.92 Å². The third-order valence-corrected chi connectivity index (χ3v) is 2.56. The molecule has 4 heteroatoms. The van der Waals surface area contributed by atoms with Crippen LogP contribution in [0.1, 0.15) is 12.8 Å². The maximum atomic E-state index is 11.1. The zero-order chi connectivity index (χ0) is 9.68. The second-order valence-electron chi connectivity index (χ2n) is 3.49. The van der Waals surface area contributed by atoms with Gasteiger partial charge in [-0.15, -0.1) is 11.6 Å². The molecule has 1 heterocycles. The summed E-state index contributed by atoms with van der Waals surface area (Å²) >= 11 is 5.44. The summed E-state index contributed by atoms with van der Waals surface area (Å²) in [7, 11) is 1.79. The third-order valence-electron chi connectivity index (χ3n) is 2.33. The molecule has 1 saturated heterocycles. The smallest absolute Gasteiger partial charge is 0.237 e. The summed E-state index contributed by atoms with van der Waals surface area (Å²) in [6.07, 6.45) is 2.26. The minimum Gasteiger partial charge on any atom is -0.381 e. The highest BCUT2D eigenvalue weighted by Crippen LogP contribution is 2.14. The first kappa shape index (κ1) is 10.8. The van der Waals surface area contributed by atoms with Gasteiger partial charge in [0, 0.05) is 20.2 Å². The molecule has 1 atom stereocenters. The van der Waals surface area contributed by atoms with E-state index in [2.05, 4.69) is 0 Å². The maximum Gasteiger partial charge on any atom is 0.237 e. The predicted octanol–water partition coefficient (Wildman–Crippen LogP) is 1.11. The molecule has 0 bridgehead atoms. The summed E-state index contributed by atoms with van der Waals surface area (Å²) in [5.74, 6) is 0.558. The van der Waals surface area contributed by atoms with Gasteiger partial charge in [-0.05, 0) is 18.8 Å². The Morgan fingerprint density at radius 3 is 3.00 bits per heavy atom. The molecular formula is C9H16ClNO2. The number of rotatable bonds is 3. The van der Waals surface area contributed by atoms with E-state index < -0.39 is 0 Å². The van der Waals surface area contributed by atoms with Crippen LogP contribution >= 0.6 is 11.6 Å². The zero-order valence-corrected chi connectivity index (χ0v) is 8.72. The number of ether oxygens (including phenoxy) is 1. The van der Waals surface area contributed by atoms with Crippen molar-refractivity contribution >= 4 is 17.5 Å². The number of carbonyl (C=O) groups is 1. The summed E-state index contributed by atoms with van der Waals surface area (Å²) < 4.78 is 5.33. The molecule has 0 N–H and O–H groups in total. The Kier molecular flexibility index (Phi) is 4.53. The normalized spacial score (nSPS) is 22.8. The maximum absolute atomic E-state index is 11.1. The van der Waals surface area contributed by atoms with E-state index in [-0.39, 0.29) is 11.8 Å². The first-order chi connectivity index (χ1) is 6.24. The molecule has 0 spiro atoms. The van der Waals surface area contributed by atoms with Gasteiger partial charge in [-0.3, -0.25) is 4.79 Å². The molecule has 0 radical (unpaired) electrons. The summed E-state index contributed by atoms with van der Waals surface area (Å²) in [5, 5.41) is 0. The number of amides is 1. The Morgan fingerprint density at radius 1 is 1.69 bits per heavy atom. The molecule has 0 aromatic rings. The molecule has 1 fully saturated rings. The first-order valence-electron chi connectivity index (χ1n) is 4.61. The lowest BCUT2D eigenvalue weighted by Gasteiger charge is -2.26. The second kappa shape index (κ2) is 5.45. The van der Waals surface area contributed by atoms with Crippen LogP contribution in [-0.4, -0.2) is 43.5 Å². The molecule has 0 saturated carbocycles. The van der Waals surface area contributed by atoms with Crippen LogP contribution in [0.2, 0.25) is 0 Å². The average molecular weight is 206 g/mol. The van der Waals surface area contributed by atoms with Crippen LogP contribution in [-0.2, 0) is 9.53 Å². The highest BCUT2D eigenvalue weighted by molar-refractivity contribution is 6.27. The molecule has 0 aliphatic carbocycles. The Bertz CT molecular complexity index is 169. The lowest BCUT2D eigenvalue weighted by atomic mass is 10.0. The number of hydrogen-bond donors (Lipinski definition) is 0. The minimum absolute atomic E-state index is 0.00719. The van der Waals surface area contributed by atoms with Crippen LogP contribution in [0.3, 0.4) is 0 Å². The van der Waals surface area contributed by atoms with Crippen molar-refractivity contribution in [1.82, 2.24) is 4.90 Å². The van der Waals surface area contributed by atoms with Gasteiger partial charge < -0.3 is 9.64 Å². The summed E-state index contributed by atoms with van der Waals surface area (Å²) in [4.78, 5) is 12.8. The number of hydrogen-bond acceptors (Lipinski definition) is 2. The van der Waals surface area contributed by atoms with Crippen molar-refractivity contribution in [2.45, 2.75) is 12.8 Å². The van der Waals surface area contributed by atoms with Crippen molar-refractivity contribution in [1.29, 1.82) is 0 Å². The molecule has 0 aromatic heterocycles. The van der Waals surface area contributed by atoms with Crippen molar-refractivity contribution in [3.8, 4) is 0 Å². The van der Waals surface area contributed by atoms with Gasteiger partial charge in [-0.1, -0.05) is 0 Å². The minimum atomic E-state index is -0.00719. The lowest BCUT2D eigenvalue weighted by molar-refractivity contribution is -0.128. The molecular weight excluding hydrogens is 190 g/mol. The molecule has 1 aliphatic heterocycles. The van der Waals surface area contributed by atoms with Crippen LogP contribution in [0.5, 0.6) is 0 Å². The van der Waals surface area contributed by atoms with Gasteiger partial charge in [0.15, 0.2) is 0 Å². The van der Waals surface area contributed by atoms with E-state index in [1.54, 1.807) is 11.9 Å². The number of carbonyl (C=O) groups excluding carboxylic acids is 1. The number of nitrogens with zero attached hydrogens (tertiary/aromatic N) is 1. The van der Waals surface area contributed by atoms with Crippen LogP contribution in [0, 0.1) is 5.92 Å². The Balaban J connectivity index is 2.25. The molecule has 1 unspecified atom stereocenters. The molecule has 3 nitrogen and oxygen atoms in total. The van der Waals surface area contributed by atoms with Crippen molar-refractivity contribution in [3.05, 3.63) is 0 Å². The standard InChI is InChI=1S/C9H16ClNO2/c1-11(9(12)5-10)6-8-3-2-4-13-7-8/h8H,2-7H2,1H3. The van der Waals surface area contributed by atoms with E-state index in [9.17, 15) is 4.79 Å². The topological polar surface area (TPSA) is 29.5 Å². The van der Waals surface area contributed by atoms with Crippen LogP contribution in [0.25, 0.3) is 0 Å². The van der Waals surface area contributed by atoms with Gasteiger partial charge >= 0.3 is 0 Å². The zero-order valence-electron chi connectivity index (χ0n) is 7.96. The van der Waals surface area contributed by atoms with Crippen LogP contribution in [0.4, 0.5) is 0 Å². The molecule has 0 aromatic carbocycles. The van der Waals surface area contributed by atoms with E-state index in [0.717, 1.165) is 32.6 Å². The van der Waals surface area contributed by atoms with Gasteiger partial charge in [-0.25, -0.2) is 0 Å². The van der Waals surface area contributed by atoms with Crippen LogP contribution < -0.4 is 0 Å². The van der Waals surface area contributed by atoms with Gasteiger partial charge in [0.25, 0.3) is 0 Å². The van der Waals surface area contributed by atoms with E-state index in [1.807, 2.05) is 0 Å². The van der Waals surface area contributed by atoms with E-state index in [4.69, 9.17) is 16.3 Å². The van der Waals surface area contributed by atoms with Crippen LogP contribution in [0.15, 0.2) is 0 Å². The Labute approximate surface area is 84.0 Å². The number of alkyl halides is 1. The fraction of sp³-hybridized carbons (Fsp3) is 0.889. The largest absolute Gasteiger partial charge is 0.381 e. The van der Waals surface area contributed by atoms with Crippen molar-refractivity contribution in [2.75, 3.05) is 32.7 Å². The number of halogens is 1. The molecule has 1 amide bonds. The van der Waals surface area contributed by atoms with Crippen molar-refractivity contribution < 1.29 is 9.53 Å². The second-order valence-corrected chi connectivity index (χ2v) is 3.76. The predicted molar refractivity (Wildman–Crippen MR) is 51.9 cm³/mol. The van der Waals surface area contributed by atoms with E-state index >= 15 is 0 Å². The van der Waals surface area contributed by atoms with E-state index in [1.165, 1.54) is 0 Å². The van der Waals surface area contributed by atoms with Gasteiger partial charge in [0.1, 0.15) is 5.88 Å². The molecule has 13 heavy (non-hydrogen) atoms. The Hall–Kier alpha value is -0.280.